The van der Waals surface area contributed by atoms with E-state index in [1.807, 2.05) is 0 Å². The number of hydrogen-bond donors (Lipinski definition) is 0. The van der Waals surface area contributed by atoms with E-state index in [9.17, 15) is 0 Å². The summed E-state index contributed by atoms with van der Waals surface area (Å²) in [5, 5.41) is 5.08. The quantitative estimate of drug-likeness (QED) is 0.112. The molecule has 0 bridgehead atoms. The largest absolute Gasteiger partial charge is 4.00 e. The average Bonchev–Trinajstić information content (AvgIpc) is 3.97. The Labute approximate surface area is 371 Å². The predicted molar refractivity (Wildman–Crippen MR) is 231 cm³/mol. The zero-order chi connectivity index (χ0) is 38.0. The van der Waals surface area contributed by atoms with Crippen LogP contribution in [0.4, 0.5) is 0 Å². The molecule has 8 aromatic rings. The average molecular weight is 960 g/mol. The summed E-state index contributed by atoms with van der Waals surface area (Å²) in [6.07, 6.45) is 4.19. The SMILES string of the molecule is CCCc1ccc(-c2cc3c(-c4ccc(C(C)(C)C)cc4)cccc3[cH-]2)o1.CCCc1ccc(-c2cc3c(-c4ccc(C(C)(C)C)cc4)cccc3[cH-]2)o1.[Cl-].[Cl-].[Hf+4]. The molecule has 6 aromatic carbocycles. The van der Waals surface area contributed by atoms with E-state index < -0.39 is 0 Å². The standard InChI is InChI=1S/2C26H27O.2ClH.Hf/c2*1-5-7-22-14-15-25(27-22)20-16-19-8-6-9-23(24(19)17-20)18-10-12-21(13-11-18)26(2,3)4;;;/h2*6,8-17H,5,7H2,1-4H3;2*1H;/q2*-1;;;+4/p-2. The van der Waals surface area contributed by atoms with Crippen LogP contribution >= 0.6 is 0 Å². The monoisotopic (exact) mass is 960 g/mol. The van der Waals surface area contributed by atoms with Crippen LogP contribution in [0.5, 0.6) is 0 Å². The zero-order valence-electron chi connectivity index (χ0n) is 34.6. The van der Waals surface area contributed by atoms with E-state index in [1.54, 1.807) is 0 Å². The first-order chi connectivity index (χ1) is 25.9. The Morgan fingerprint density at radius 2 is 0.842 bits per heavy atom. The van der Waals surface area contributed by atoms with E-state index >= 15 is 0 Å². The van der Waals surface area contributed by atoms with Gasteiger partial charge < -0.3 is 33.6 Å². The number of rotatable bonds is 8. The summed E-state index contributed by atoms with van der Waals surface area (Å²) in [5.74, 6) is 4.05. The Morgan fingerprint density at radius 3 is 1.18 bits per heavy atom. The molecule has 0 spiro atoms. The summed E-state index contributed by atoms with van der Waals surface area (Å²) in [6, 6.07) is 48.4. The van der Waals surface area contributed by atoms with E-state index in [2.05, 4.69) is 189 Å². The summed E-state index contributed by atoms with van der Waals surface area (Å²) in [7, 11) is 0. The van der Waals surface area contributed by atoms with Gasteiger partial charge >= 0.3 is 25.8 Å². The Bertz CT molecular complexity index is 2300. The van der Waals surface area contributed by atoms with Crippen molar-refractivity contribution in [2.75, 3.05) is 0 Å². The van der Waals surface area contributed by atoms with Crippen LogP contribution in [-0.4, -0.2) is 0 Å². The van der Waals surface area contributed by atoms with Gasteiger partial charge in [0.05, 0.1) is 23.0 Å². The fourth-order valence-electron chi connectivity index (χ4n) is 7.38. The molecule has 0 amide bonds. The third-order valence-electron chi connectivity index (χ3n) is 10.5. The Morgan fingerprint density at radius 1 is 0.474 bits per heavy atom. The van der Waals surface area contributed by atoms with Gasteiger partial charge in [0.1, 0.15) is 0 Å². The summed E-state index contributed by atoms with van der Waals surface area (Å²) in [6.45, 7) is 17.9. The van der Waals surface area contributed by atoms with Gasteiger partial charge in [0, 0.05) is 12.8 Å². The number of furan rings is 2. The van der Waals surface area contributed by atoms with Crippen LogP contribution in [0.2, 0.25) is 0 Å². The van der Waals surface area contributed by atoms with E-state index in [-0.39, 0.29) is 61.5 Å². The van der Waals surface area contributed by atoms with Gasteiger partial charge in [-0.1, -0.05) is 150 Å². The van der Waals surface area contributed by atoms with E-state index in [0.29, 0.717) is 0 Å². The molecule has 2 heterocycles. The molecular formula is C52H54Cl2HfO2. The van der Waals surface area contributed by atoms with Crippen molar-refractivity contribution in [3.05, 3.63) is 156 Å². The molecule has 0 atom stereocenters. The summed E-state index contributed by atoms with van der Waals surface area (Å²) < 4.78 is 12.1. The molecule has 0 aliphatic rings. The summed E-state index contributed by atoms with van der Waals surface area (Å²) >= 11 is 0. The zero-order valence-corrected chi connectivity index (χ0v) is 39.7. The molecule has 2 nitrogen and oxygen atoms in total. The van der Waals surface area contributed by atoms with Crippen molar-refractivity contribution < 1.29 is 59.5 Å². The van der Waals surface area contributed by atoms with Crippen LogP contribution in [0.15, 0.2) is 142 Å². The fourth-order valence-corrected chi connectivity index (χ4v) is 7.38. The maximum Gasteiger partial charge on any atom is 4.00 e. The number of benzene rings is 4. The van der Waals surface area contributed by atoms with Crippen molar-refractivity contribution in [1.29, 1.82) is 0 Å². The van der Waals surface area contributed by atoms with Gasteiger partial charge in [0.2, 0.25) is 0 Å². The van der Waals surface area contributed by atoms with Gasteiger partial charge in [-0.25, -0.2) is 0 Å². The minimum absolute atomic E-state index is 0. The second-order valence-electron chi connectivity index (χ2n) is 16.8. The van der Waals surface area contributed by atoms with Gasteiger partial charge in [0.15, 0.2) is 0 Å². The van der Waals surface area contributed by atoms with Gasteiger partial charge in [-0.05, 0) is 70.2 Å². The molecule has 0 unspecified atom stereocenters. The Hall–Kier alpha value is -3.89. The molecule has 0 saturated carbocycles. The number of halogens is 2. The topological polar surface area (TPSA) is 26.3 Å². The first-order valence-corrected chi connectivity index (χ1v) is 19.7. The van der Waals surface area contributed by atoms with Crippen LogP contribution in [0.25, 0.3) is 66.4 Å². The van der Waals surface area contributed by atoms with Crippen LogP contribution < -0.4 is 24.8 Å². The van der Waals surface area contributed by atoms with Crippen molar-refractivity contribution >= 4 is 21.5 Å². The Kier molecular flexibility index (Phi) is 15.5. The van der Waals surface area contributed by atoms with Crippen molar-refractivity contribution in [3.63, 3.8) is 0 Å². The molecule has 5 heteroatoms. The third kappa shape index (κ3) is 10.4. The van der Waals surface area contributed by atoms with Crippen LogP contribution in [0, 0.1) is 0 Å². The molecule has 0 N–H and O–H groups in total. The van der Waals surface area contributed by atoms with Crippen LogP contribution in [0.1, 0.15) is 90.9 Å². The molecule has 8 rings (SSSR count). The number of fused-ring (bicyclic) bond motifs is 2. The third-order valence-corrected chi connectivity index (χ3v) is 10.5. The second kappa shape index (κ2) is 19.2. The van der Waals surface area contributed by atoms with Gasteiger partial charge in [-0.15, -0.1) is 57.9 Å². The molecule has 0 fully saturated rings. The molecule has 0 aliphatic carbocycles. The first-order valence-electron chi connectivity index (χ1n) is 19.7. The first kappa shape index (κ1) is 45.8. The van der Waals surface area contributed by atoms with E-state index in [0.717, 1.165) is 59.9 Å². The normalized spacial score (nSPS) is 11.4. The van der Waals surface area contributed by atoms with Gasteiger partial charge in [-0.3, -0.25) is 0 Å². The molecular weight excluding hydrogens is 906 g/mol. The number of hydrogen-bond acceptors (Lipinski definition) is 2. The van der Waals surface area contributed by atoms with Gasteiger partial charge in [-0.2, -0.15) is 0 Å². The molecule has 57 heavy (non-hydrogen) atoms. The summed E-state index contributed by atoms with van der Waals surface area (Å²) in [4.78, 5) is 0. The minimum atomic E-state index is 0. The molecule has 0 radical (unpaired) electrons. The molecule has 0 aliphatic heterocycles. The van der Waals surface area contributed by atoms with Crippen LogP contribution in [-0.2, 0) is 49.5 Å². The molecule has 292 valence electrons. The smallest absolute Gasteiger partial charge is 1.00 e. The molecule has 2 aromatic heterocycles. The van der Waals surface area contributed by atoms with Crippen molar-refractivity contribution in [2.45, 2.75) is 91.9 Å². The van der Waals surface area contributed by atoms with Crippen LogP contribution in [0.3, 0.4) is 0 Å². The number of aryl methyl sites for hydroxylation is 2. The van der Waals surface area contributed by atoms with E-state index in [1.165, 1.54) is 54.9 Å². The van der Waals surface area contributed by atoms with Gasteiger partial charge in [0.25, 0.3) is 0 Å². The second-order valence-corrected chi connectivity index (χ2v) is 16.8. The predicted octanol–water partition coefficient (Wildman–Crippen LogP) is 9.48. The Balaban J connectivity index is 0.000000240. The maximum atomic E-state index is 6.04. The minimum Gasteiger partial charge on any atom is -1.00 e. The van der Waals surface area contributed by atoms with Crippen molar-refractivity contribution in [2.24, 2.45) is 0 Å². The van der Waals surface area contributed by atoms with Crippen molar-refractivity contribution in [3.8, 4) is 44.9 Å². The fraction of sp³-hybridized carbons (Fsp3) is 0.269. The van der Waals surface area contributed by atoms with Crippen molar-refractivity contribution in [1.82, 2.24) is 0 Å². The maximum absolute atomic E-state index is 6.04. The molecule has 0 saturated heterocycles. The van der Waals surface area contributed by atoms with E-state index in [4.69, 9.17) is 8.83 Å². The summed E-state index contributed by atoms with van der Waals surface area (Å²) in [5.41, 5.74) is 10.5.